The molecule has 5 heteroatoms. The summed E-state index contributed by atoms with van der Waals surface area (Å²) in [5, 5.41) is 8.99. The van der Waals surface area contributed by atoms with Gasteiger partial charge in [-0.1, -0.05) is 18.2 Å². The van der Waals surface area contributed by atoms with Crippen molar-refractivity contribution in [2.75, 3.05) is 25.2 Å². The summed E-state index contributed by atoms with van der Waals surface area (Å²) < 4.78 is 5.05. The topological polar surface area (TPSA) is 66.8 Å². The molecule has 1 amide bonds. The van der Waals surface area contributed by atoms with Gasteiger partial charge in [-0.2, -0.15) is 0 Å². The molecule has 1 saturated heterocycles. The Bertz CT molecular complexity index is 486. The Labute approximate surface area is 111 Å². The fourth-order valence-electron chi connectivity index (χ4n) is 2.35. The number of anilines is 1. The molecule has 102 valence electrons. The van der Waals surface area contributed by atoms with Crippen molar-refractivity contribution in [2.24, 2.45) is 5.92 Å². The Morgan fingerprint density at radius 3 is 2.84 bits per heavy atom. The molecule has 1 fully saturated rings. The molecule has 0 radical (unpaired) electrons. The van der Waals surface area contributed by atoms with Crippen LogP contribution in [0.5, 0.6) is 0 Å². The molecule has 0 saturated carbocycles. The van der Waals surface area contributed by atoms with Crippen LogP contribution >= 0.6 is 0 Å². The minimum Gasteiger partial charge on any atom is -0.481 e. The van der Waals surface area contributed by atoms with Crippen LogP contribution < -0.4 is 4.90 Å². The molecule has 2 rings (SSSR count). The second-order valence-electron chi connectivity index (χ2n) is 4.54. The van der Waals surface area contributed by atoms with Gasteiger partial charge in [0, 0.05) is 19.3 Å². The largest absolute Gasteiger partial charge is 0.481 e. The lowest BCUT2D eigenvalue weighted by Gasteiger charge is -2.20. The molecule has 0 aromatic heterocycles. The highest BCUT2D eigenvalue weighted by molar-refractivity contribution is 6.08. The lowest BCUT2D eigenvalue weighted by atomic mass is 10.1. The summed E-state index contributed by atoms with van der Waals surface area (Å²) in [5.41, 5.74) is 1.80. The molecule has 0 spiro atoms. The van der Waals surface area contributed by atoms with Gasteiger partial charge in [-0.15, -0.1) is 0 Å². The molecule has 1 unspecified atom stereocenters. The van der Waals surface area contributed by atoms with Crippen molar-refractivity contribution in [3.05, 3.63) is 29.8 Å². The molecule has 19 heavy (non-hydrogen) atoms. The number of ether oxygens (including phenoxy) is 1. The Balaban J connectivity index is 2.23. The van der Waals surface area contributed by atoms with Crippen molar-refractivity contribution >= 4 is 17.6 Å². The van der Waals surface area contributed by atoms with Crippen LogP contribution in [0.1, 0.15) is 12.0 Å². The number of rotatable bonds is 5. The highest BCUT2D eigenvalue weighted by atomic mass is 16.5. The Hall–Kier alpha value is -1.88. The first-order valence-electron chi connectivity index (χ1n) is 6.26. The molecule has 1 aromatic rings. The first kappa shape index (κ1) is 13.5. The zero-order valence-electron chi connectivity index (χ0n) is 10.8. The number of carbonyl (C=O) groups is 2. The molecular formula is C14H17NO4. The number of benzene rings is 1. The van der Waals surface area contributed by atoms with E-state index in [9.17, 15) is 9.59 Å². The summed E-state index contributed by atoms with van der Waals surface area (Å²) in [6.45, 7) is 1.03. The van der Waals surface area contributed by atoms with Crippen LogP contribution in [0.2, 0.25) is 0 Å². The molecule has 0 aliphatic carbocycles. The average Bonchev–Trinajstić information content (AvgIpc) is 2.78. The van der Waals surface area contributed by atoms with E-state index in [0.717, 1.165) is 11.3 Å². The third-order valence-corrected chi connectivity index (χ3v) is 3.36. The number of amides is 1. The average molecular weight is 263 g/mol. The highest BCUT2D eigenvalue weighted by Crippen LogP contribution is 2.28. The standard InChI is InChI=1S/C14H17NO4/c1-19-9-7-10-4-2-3-5-12(10)15-8-6-11(13(15)16)14(17)18/h2-5,11H,6-9H2,1H3,(H,17,18). The van der Waals surface area contributed by atoms with E-state index in [1.54, 1.807) is 12.0 Å². The SMILES string of the molecule is COCCc1ccccc1N1CCC(C(=O)O)C1=O. The molecule has 0 bridgehead atoms. The first-order valence-corrected chi connectivity index (χ1v) is 6.26. The maximum Gasteiger partial charge on any atom is 0.316 e. The van der Waals surface area contributed by atoms with Crippen LogP contribution in [0.25, 0.3) is 0 Å². The third kappa shape index (κ3) is 2.76. The van der Waals surface area contributed by atoms with Gasteiger partial charge in [-0.3, -0.25) is 9.59 Å². The van der Waals surface area contributed by atoms with Gasteiger partial charge in [0.05, 0.1) is 6.61 Å². The van der Waals surface area contributed by atoms with Gasteiger partial charge in [-0.25, -0.2) is 0 Å². The third-order valence-electron chi connectivity index (χ3n) is 3.36. The summed E-state index contributed by atoms with van der Waals surface area (Å²) >= 11 is 0. The highest BCUT2D eigenvalue weighted by Gasteiger charge is 2.38. The first-order chi connectivity index (χ1) is 9.15. The van der Waals surface area contributed by atoms with Gasteiger partial charge in [0.2, 0.25) is 5.91 Å². The quantitative estimate of drug-likeness (QED) is 0.813. The van der Waals surface area contributed by atoms with Gasteiger partial charge >= 0.3 is 5.97 Å². The molecule has 1 atom stereocenters. The smallest absolute Gasteiger partial charge is 0.316 e. The number of carboxylic acids is 1. The zero-order valence-corrected chi connectivity index (χ0v) is 10.8. The normalized spacial score (nSPS) is 18.9. The van der Waals surface area contributed by atoms with Crippen molar-refractivity contribution in [3.63, 3.8) is 0 Å². The molecule has 1 aliphatic heterocycles. The van der Waals surface area contributed by atoms with Crippen LogP contribution in [-0.2, 0) is 20.7 Å². The number of hydrogen-bond acceptors (Lipinski definition) is 3. The predicted molar refractivity (Wildman–Crippen MR) is 70.1 cm³/mol. The van der Waals surface area contributed by atoms with E-state index in [4.69, 9.17) is 9.84 Å². The van der Waals surface area contributed by atoms with Gasteiger partial charge < -0.3 is 14.7 Å². The molecule has 1 heterocycles. The minimum atomic E-state index is -1.04. The van der Waals surface area contributed by atoms with Gasteiger partial charge in [0.1, 0.15) is 5.92 Å². The fourth-order valence-corrected chi connectivity index (χ4v) is 2.35. The lowest BCUT2D eigenvalue weighted by Crippen LogP contribution is -2.30. The maximum atomic E-state index is 12.1. The molecule has 1 aromatic carbocycles. The van der Waals surface area contributed by atoms with Gasteiger partial charge in [-0.05, 0) is 24.5 Å². The lowest BCUT2D eigenvalue weighted by molar-refractivity contribution is -0.144. The van der Waals surface area contributed by atoms with Crippen molar-refractivity contribution in [1.82, 2.24) is 0 Å². The van der Waals surface area contributed by atoms with Crippen LogP contribution in [-0.4, -0.2) is 37.2 Å². The summed E-state index contributed by atoms with van der Waals surface area (Å²) in [7, 11) is 1.63. The minimum absolute atomic E-state index is 0.322. The van der Waals surface area contributed by atoms with Crippen molar-refractivity contribution in [2.45, 2.75) is 12.8 Å². The number of aliphatic carboxylic acids is 1. The second kappa shape index (κ2) is 5.84. The number of hydrogen-bond donors (Lipinski definition) is 1. The maximum absolute atomic E-state index is 12.1. The van der Waals surface area contributed by atoms with E-state index < -0.39 is 11.9 Å². The summed E-state index contributed by atoms with van der Waals surface area (Å²) in [6, 6.07) is 7.56. The van der Waals surface area contributed by atoms with Gasteiger partial charge in [0.15, 0.2) is 0 Å². The van der Waals surface area contributed by atoms with E-state index in [0.29, 0.717) is 26.0 Å². The Morgan fingerprint density at radius 2 is 2.21 bits per heavy atom. The monoisotopic (exact) mass is 263 g/mol. The van der Waals surface area contributed by atoms with E-state index in [2.05, 4.69) is 0 Å². The Morgan fingerprint density at radius 1 is 1.47 bits per heavy atom. The van der Waals surface area contributed by atoms with Crippen LogP contribution in [0.4, 0.5) is 5.69 Å². The molecule has 5 nitrogen and oxygen atoms in total. The van der Waals surface area contributed by atoms with E-state index in [1.807, 2.05) is 24.3 Å². The summed E-state index contributed by atoms with van der Waals surface area (Å²) in [6.07, 6.45) is 1.07. The number of nitrogens with zero attached hydrogens (tertiary/aromatic N) is 1. The summed E-state index contributed by atoms with van der Waals surface area (Å²) in [5.74, 6) is -2.27. The van der Waals surface area contributed by atoms with Crippen molar-refractivity contribution < 1.29 is 19.4 Å². The van der Waals surface area contributed by atoms with Crippen molar-refractivity contribution in [1.29, 1.82) is 0 Å². The number of carboxylic acid groups (broad SMARTS) is 1. The molecule has 1 N–H and O–H groups in total. The number of carbonyl (C=O) groups excluding carboxylic acids is 1. The van der Waals surface area contributed by atoms with E-state index in [1.165, 1.54) is 0 Å². The van der Waals surface area contributed by atoms with Crippen LogP contribution in [0.3, 0.4) is 0 Å². The van der Waals surface area contributed by atoms with Crippen LogP contribution in [0.15, 0.2) is 24.3 Å². The second-order valence-corrected chi connectivity index (χ2v) is 4.54. The van der Waals surface area contributed by atoms with E-state index >= 15 is 0 Å². The van der Waals surface area contributed by atoms with E-state index in [-0.39, 0.29) is 5.91 Å². The zero-order chi connectivity index (χ0) is 13.8. The summed E-state index contributed by atoms with van der Waals surface area (Å²) in [4.78, 5) is 24.6. The predicted octanol–water partition coefficient (Wildman–Crippen LogP) is 1.31. The number of para-hydroxylation sites is 1. The number of methoxy groups -OCH3 is 1. The van der Waals surface area contributed by atoms with Gasteiger partial charge in [0.25, 0.3) is 0 Å². The Kier molecular flexibility index (Phi) is 4.16. The van der Waals surface area contributed by atoms with Crippen molar-refractivity contribution in [3.8, 4) is 0 Å². The fraction of sp³-hybridized carbons (Fsp3) is 0.429. The van der Waals surface area contributed by atoms with Crippen LogP contribution in [0, 0.1) is 5.92 Å². The molecule has 1 aliphatic rings. The molecular weight excluding hydrogens is 246 g/mol.